The van der Waals surface area contributed by atoms with Crippen molar-refractivity contribution in [2.24, 2.45) is 11.8 Å². The molecule has 4 atom stereocenters. The predicted octanol–water partition coefficient (Wildman–Crippen LogP) is 6.34. The predicted molar refractivity (Wildman–Crippen MR) is 148 cm³/mol. The van der Waals surface area contributed by atoms with E-state index in [9.17, 15) is 9.90 Å². The van der Waals surface area contributed by atoms with Crippen molar-refractivity contribution in [3.05, 3.63) is 70.8 Å². The highest BCUT2D eigenvalue weighted by Gasteiger charge is 2.44. The Morgan fingerprint density at radius 1 is 1.30 bits per heavy atom. The van der Waals surface area contributed by atoms with Gasteiger partial charge in [0.25, 0.3) is 0 Å². The Morgan fingerprint density at radius 2 is 2.11 bits per heavy atom. The molecule has 1 N–H and O–H groups in total. The van der Waals surface area contributed by atoms with Crippen molar-refractivity contribution in [2.45, 2.75) is 70.0 Å². The number of anilines is 1. The van der Waals surface area contributed by atoms with Gasteiger partial charge in [-0.2, -0.15) is 0 Å². The quantitative estimate of drug-likeness (QED) is 0.366. The first-order valence-corrected chi connectivity index (χ1v) is 13.8. The fourth-order valence-corrected chi connectivity index (χ4v) is 6.50. The molecular weight excluding hydrogens is 486 g/mol. The molecule has 2 aliphatic carbocycles. The van der Waals surface area contributed by atoms with E-state index >= 15 is 0 Å². The summed E-state index contributed by atoms with van der Waals surface area (Å²) in [6, 6.07) is 11.9. The van der Waals surface area contributed by atoms with Crippen LogP contribution in [0.5, 0.6) is 5.75 Å². The molecule has 0 saturated heterocycles. The molecule has 1 unspecified atom stereocenters. The van der Waals surface area contributed by atoms with Crippen LogP contribution in [-0.2, 0) is 16.6 Å². The fourth-order valence-electron chi connectivity index (χ4n) is 6.31. The third-order valence-corrected chi connectivity index (χ3v) is 8.52. The summed E-state index contributed by atoms with van der Waals surface area (Å²) >= 11 is 6.37. The molecule has 198 valence electrons. The third-order valence-electron chi connectivity index (χ3n) is 8.28. The molecule has 5 rings (SSSR count). The monoisotopic (exact) mass is 523 g/mol. The lowest BCUT2D eigenvalue weighted by atomic mass is 9.68. The Morgan fingerprint density at radius 3 is 2.81 bits per heavy atom. The first kappa shape index (κ1) is 26.1. The zero-order valence-corrected chi connectivity index (χ0v) is 22.9. The van der Waals surface area contributed by atoms with Gasteiger partial charge in [0, 0.05) is 23.5 Å². The third kappa shape index (κ3) is 5.26. The molecule has 2 aromatic carbocycles. The SMILES string of the molecule is C=CC(O)[C@@H]1CC[C@H]1CN1C[C@@]2(CCCc3cc(Cl)ccc32)COc2ccc(C(=O)OC(C)(C)C)cc21. The fraction of sp³-hybridized carbons (Fsp3) is 0.516. The number of benzene rings is 2. The van der Waals surface area contributed by atoms with Crippen LogP contribution in [0.1, 0.15) is 67.9 Å². The summed E-state index contributed by atoms with van der Waals surface area (Å²) in [6.45, 7) is 11.6. The molecule has 0 aromatic heterocycles. The summed E-state index contributed by atoms with van der Waals surface area (Å²) in [6.07, 6.45) is 6.33. The number of esters is 1. The molecule has 1 heterocycles. The van der Waals surface area contributed by atoms with E-state index in [4.69, 9.17) is 21.1 Å². The van der Waals surface area contributed by atoms with Gasteiger partial charge in [0.1, 0.15) is 11.4 Å². The number of carbonyl (C=O) groups is 1. The van der Waals surface area contributed by atoms with Crippen molar-refractivity contribution in [1.82, 2.24) is 0 Å². The van der Waals surface area contributed by atoms with E-state index < -0.39 is 11.7 Å². The van der Waals surface area contributed by atoms with Crippen molar-refractivity contribution in [3.8, 4) is 5.75 Å². The molecule has 1 saturated carbocycles. The van der Waals surface area contributed by atoms with Gasteiger partial charge in [-0.25, -0.2) is 4.79 Å². The first-order valence-electron chi connectivity index (χ1n) is 13.4. The number of rotatable bonds is 5. The smallest absolute Gasteiger partial charge is 0.338 e. The van der Waals surface area contributed by atoms with E-state index in [-0.39, 0.29) is 17.3 Å². The van der Waals surface area contributed by atoms with Gasteiger partial charge < -0.3 is 19.5 Å². The topological polar surface area (TPSA) is 59.0 Å². The molecule has 6 heteroatoms. The molecule has 3 aliphatic rings. The molecule has 0 radical (unpaired) electrons. The summed E-state index contributed by atoms with van der Waals surface area (Å²) in [5, 5.41) is 11.3. The van der Waals surface area contributed by atoms with Crippen molar-refractivity contribution in [1.29, 1.82) is 0 Å². The second-order valence-corrected chi connectivity index (χ2v) is 12.5. The van der Waals surface area contributed by atoms with E-state index in [0.29, 0.717) is 18.1 Å². The van der Waals surface area contributed by atoms with Crippen molar-refractivity contribution >= 4 is 23.3 Å². The number of nitrogens with zero attached hydrogens (tertiary/aromatic N) is 1. The lowest BCUT2D eigenvalue weighted by Crippen LogP contribution is -2.49. The average molecular weight is 524 g/mol. The van der Waals surface area contributed by atoms with Crippen LogP contribution in [-0.4, -0.2) is 42.5 Å². The van der Waals surface area contributed by atoms with Crippen LogP contribution in [0.15, 0.2) is 49.1 Å². The Balaban J connectivity index is 1.53. The average Bonchev–Trinajstić information content (AvgIpc) is 2.97. The van der Waals surface area contributed by atoms with Gasteiger partial charge in [0.2, 0.25) is 0 Å². The van der Waals surface area contributed by atoms with E-state index in [2.05, 4.69) is 23.6 Å². The van der Waals surface area contributed by atoms with Crippen molar-refractivity contribution in [3.63, 3.8) is 0 Å². The Bertz CT molecular complexity index is 1190. The van der Waals surface area contributed by atoms with Crippen LogP contribution in [0.25, 0.3) is 0 Å². The first-order chi connectivity index (χ1) is 17.6. The lowest BCUT2D eigenvalue weighted by Gasteiger charge is -2.45. The molecule has 1 spiro atoms. The number of hydrogen-bond donors (Lipinski definition) is 1. The number of aliphatic hydroxyl groups excluding tert-OH is 1. The summed E-state index contributed by atoms with van der Waals surface area (Å²) in [7, 11) is 0. The second-order valence-electron chi connectivity index (χ2n) is 12.0. The van der Waals surface area contributed by atoms with Crippen molar-refractivity contribution < 1.29 is 19.4 Å². The Kier molecular flexibility index (Phi) is 7.06. The molecule has 1 aliphatic heterocycles. The number of aliphatic hydroxyl groups is 1. The number of ether oxygens (including phenoxy) is 2. The molecule has 2 aromatic rings. The number of aryl methyl sites for hydroxylation is 1. The maximum absolute atomic E-state index is 13.0. The van der Waals surface area contributed by atoms with Gasteiger partial charge >= 0.3 is 5.97 Å². The molecule has 1 fully saturated rings. The number of halogens is 1. The number of carbonyl (C=O) groups excluding carboxylic acids is 1. The van der Waals surface area contributed by atoms with Crippen LogP contribution in [0.2, 0.25) is 5.02 Å². The minimum atomic E-state index is -0.572. The van der Waals surface area contributed by atoms with Crippen LogP contribution in [0.3, 0.4) is 0 Å². The highest BCUT2D eigenvalue weighted by Crippen LogP contribution is 2.46. The van der Waals surface area contributed by atoms with Crippen LogP contribution < -0.4 is 9.64 Å². The minimum absolute atomic E-state index is 0.181. The summed E-state index contributed by atoms with van der Waals surface area (Å²) < 4.78 is 12.2. The molecular formula is C31H38ClNO4. The lowest BCUT2D eigenvalue weighted by molar-refractivity contribution is 0.00695. The van der Waals surface area contributed by atoms with E-state index in [1.807, 2.05) is 39.0 Å². The van der Waals surface area contributed by atoms with Gasteiger partial charge in [0.05, 0.1) is 24.0 Å². The van der Waals surface area contributed by atoms with Gasteiger partial charge in [0.15, 0.2) is 0 Å². The summed E-state index contributed by atoms with van der Waals surface area (Å²) in [5.41, 5.74) is 3.29. The second kappa shape index (κ2) is 9.99. The zero-order chi connectivity index (χ0) is 26.4. The standard InChI is InChI=1S/C31H38ClNO4/c1-5-27(34)24-11-8-22(24)17-33-18-31(14-6-7-20-15-23(32)10-12-25(20)31)19-36-28-13-9-21(16-26(28)33)29(35)37-30(2,3)4/h5,9-10,12-13,15-16,22,24,27,34H,1,6-8,11,14,17-19H2,2-4H3/t22-,24+,27?,31-/m0/s1. The highest BCUT2D eigenvalue weighted by atomic mass is 35.5. The Labute approximate surface area is 225 Å². The van der Waals surface area contributed by atoms with Crippen LogP contribution in [0.4, 0.5) is 5.69 Å². The highest BCUT2D eigenvalue weighted by molar-refractivity contribution is 6.30. The van der Waals surface area contributed by atoms with Gasteiger partial charge in [-0.15, -0.1) is 6.58 Å². The van der Waals surface area contributed by atoms with E-state index in [1.165, 1.54) is 11.1 Å². The van der Waals surface area contributed by atoms with Crippen LogP contribution >= 0.6 is 11.6 Å². The van der Waals surface area contributed by atoms with Crippen LogP contribution in [0, 0.1) is 11.8 Å². The normalized spacial score (nSPS) is 25.7. The van der Waals surface area contributed by atoms with E-state index in [0.717, 1.165) is 61.7 Å². The molecule has 37 heavy (non-hydrogen) atoms. The number of fused-ring (bicyclic) bond motifs is 3. The molecule has 5 nitrogen and oxygen atoms in total. The largest absolute Gasteiger partial charge is 0.490 e. The summed E-state index contributed by atoms with van der Waals surface area (Å²) in [5.74, 6) is 0.989. The van der Waals surface area contributed by atoms with Crippen molar-refractivity contribution in [2.75, 3.05) is 24.6 Å². The van der Waals surface area contributed by atoms with Gasteiger partial charge in [-0.05, 0) is 106 Å². The minimum Gasteiger partial charge on any atom is -0.490 e. The molecule has 0 amide bonds. The zero-order valence-electron chi connectivity index (χ0n) is 22.1. The molecule has 0 bridgehead atoms. The number of hydrogen-bond acceptors (Lipinski definition) is 5. The summed E-state index contributed by atoms with van der Waals surface area (Å²) in [4.78, 5) is 15.4. The maximum Gasteiger partial charge on any atom is 0.338 e. The Hall–Kier alpha value is -2.50. The maximum atomic E-state index is 13.0. The van der Waals surface area contributed by atoms with Gasteiger partial charge in [-0.1, -0.05) is 23.7 Å². The van der Waals surface area contributed by atoms with E-state index in [1.54, 1.807) is 12.1 Å². The van der Waals surface area contributed by atoms with Gasteiger partial charge in [-0.3, -0.25) is 0 Å².